The maximum Gasteiger partial charge on any atom is 0.309 e. The molecule has 0 heterocycles. The van der Waals surface area contributed by atoms with E-state index in [4.69, 9.17) is 4.74 Å². The van der Waals surface area contributed by atoms with Gasteiger partial charge in [-0.2, -0.15) is 0 Å². The van der Waals surface area contributed by atoms with Crippen LogP contribution in [-0.4, -0.2) is 30.2 Å². The van der Waals surface area contributed by atoms with Crippen LogP contribution in [-0.2, 0) is 19.1 Å². The fraction of sp³-hybridized carbons (Fsp3) is 0.474. The molecule has 0 radical (unpaired) electrons. The van der Waals surface area contributed by atoms with Crippen LogP contribution in [0.4, 0.5) is 0 Å². The van der Waals surface area contributed by atoms with Crippen molar-refractivity contribution in [3.05, 3.63) is 34.3 Å². The fourth-order valence-electron chi connectivity index (χ4n) is 3.80. The molecule has 8 heteroatoms. The van der Waals surface area contributed by atoms with Gasteiger partial charge in [-0.3, -0.25) is 30.0 Å². The lowest BCUT2D eigenvalue weighted by molar-refractivity contribution is -0.156. The van der Waals surface area contributed by atoms with Gasteiger partial charge in [-0.15, -0.1) is 0 Å². The molecule has 144 valence electrons. The van der Waals surface area contributed by atoms with E-state index in [0.717, 1.165) is 19.3 Å². The van der Waals surface area contributed by atoms with Crippen LogP contribution < -0.4 is 10.9 Å². The Kier molecular flexibility index (Phi) is 6.26. The van der Waals surface area contributed by atoms with Crippen LogP contribution in [0, 0.1) is 17.8 Å². The van der Waals surface area contributed by atoms with E-state index in [1.807, 2.05) is 0 Å². The molecule has 2 fully saturated rings. The summed E-state index contributed by atoms with van der Waals surface area (Å²) in [6.07, 6.45) is 3.72. The van der Waals surface area contributed by atoms with Crippen LogP contribution in [0.5, 0.6) is 0 Å². The molecule has 1 aromatic carbocycles. The Morgan fingerprint density at radius 2 is 1.74 bits per heavy atom. The van der Waals surface area contributed by atoms with Gasteiger partial charge in [0.2, 0.25) is 0 Å². The number of hydrogen-bond donors (Lipinski definition) is 2. The highest BCUT2D eigenvalue weighted by Gasteiger charge is 2.41. The summed E-state index contributed by atoms with van der Waals surface area (Å²) in [7, 11) is 0. The Morgan fingerprint density at radius 1 is 1.07 bits per heavy atom. The van der Waals surface area contributed by atoms with Gasteiger partial charge in [-0.05, 0) is 53.7 Å². The van der Waals surface area contributed by atoms with Crippen molar-refractivity contribution in [2.45, 2.75) is 32.1 Å². The van der Waals surface area contributed by atoms with Crippen molar-refractivity contribution >= 4 is 39.5 Å². The van der Waals surface area contributed by atoms with Crippen molar-refractivity contribution in [3.8, 4) is 0 Å². The first kappa shape index (κ1) is 19.5. The summed E-state index contributed by atoms with van der Waals surface area (Å²) in [6.45, 7) is -0.477. The largest absolute Gasteiger partial charge is 0.455 e. The number of amides is 2. The van der Waals surface area contributed by atoms with Crippen molar-refractivity contribution in [2.24, 2.45) is 17.8 Å². The number of rotatable bonds is 4. The summed E-state index contributed by atoms with van der Waals surface area (Å²) in [4.78, 5) is 48.1. The van der Waals surface area contributed by atoms with E-state index < -0.39 is 24.4 Å². The molecule has 2 aliphatic rings. The Labute approximate surface area is 165 Å². The molecule has 3 rings (SSSR count). The Balaban J connectivity index is 1.43. The fourth-order valence-corrected chi connectivity index (χ4v) is 4.27. The monoisotopic (exact) mass is 436 g/mol. The number of halogens is 1. The lowest BCUT2D eigenvalue weighted by atomic mass is 9.67. The number of carbonyl (C=O) groups excluding carboxylic acids is 4. The molecule has 0 aromatic heterocycles. The van der Waals surface area contributed by atoms with Crippen LogP contribution in [0.1, 0.15) is 42.5 Å². The number of benzene rings is 1. The molecule has 0 spiro atoms. The maximum atomic E-state index is 12.2. The molecule has 7 nitrogen and oxygen atoms in total. The Morgan fingerprint density at radius 3 is 2.41 bits per heavy atom. The number of nitrogens with one attached hydrogen (secondary N) is 2. The van der Waals surface area contributed by atoms with Crippen LogP contribution >= 0.6 is 15.9 Å². The quantitative estimate of drug-likeness (QED) is 0.555. The minimum atomic E-state index is -0.629. The normalized spacial score (nSPS) is 24.0. The first-order valence-electron chi connectivity index (χ1n) is 8.99. The zero-order valence-electron chi connectivity index (χ0n) is 14.7. The predicted octanol–water partition coefficient (Wildman–Crippen LogP) is 2.15. The summed E-state index contributed by atoms with van der Waals surface area (Å²) < 4.78 is 5.68. The van der Waals surface area contributed by atoms with E-state index in [1.54, 1.807) is 24.3 Å². The van der Waals surface area contributed by atoms with Crippen LogP contribution in [0.2, 0.25) is 0 Å². The molecule has 1 unspecified atom stereocenters. The lowest BCUT2D eigenvalue weighted by Gasteiger charge is -2.36. The molecule has 27 heavy (non-hydrogen) atoms. The zero-order chi connectivity index (χ0) is 19.4. The summed E-state index contributed by atoms with van der Waals surface area (Å²) in [5, 5.41) is 0. The smallest absolute Gasteiger partial charge is 0.309 e. The molecule has 2 amide bonds. The highest BCUT2D eigenvalue weighted by atomic mass is 79.9. The van der Waals surface area contributed by atoms with E-state index in [-0.39, 0.29) is 23.5 Å². The number of carbonyl (C=O) groups is 4. The molecule has 2 bridgehead atoms. The first-order chi connectivity index (χ1) is 13.0. The summed E-state index contributed by atoms with van der Waals surface area (Å²) in [5.74, 6) is -1.72. The van der Waals surface area contributed by atoms with E-state index in [1.165, 1.54) is 0 Å². The van der Waals surface area contributed by atoms with Gasteiger partial charge in [0, 0.05) is 16.3 Å². The Bertz CT molecular complexity index is 750. The van der Waals surface area contributed by atoms with Crippen molar-refractivity contribution < 1.29 is 23.9 Å². The molecular weight excluding hydrogens is 416 g/mol. The highest BCUT2D eigenvalue weighted by Crippen LogP contribution is 2.40. The number of ether oxygens (including phenoxy) is 1. The second kappa shape index (κ2) is 8.65. The third kappa shape index (κ3) is 4.74. The predicted molar refractivity (Wildman–Crippen MR) is 99.3 cm³/mol. The van der Waals surface area contributed by atoms with Crippen molar-refractivity contribution in [1.29, 1.82) is 0 Å². The molecule has 1 aromatic rings. The number of hydrogen-bond acceptors (Lipinski definition) is 5. The molecule has 2 aliphatic carbocycles. The maximum absolute atomic E-state index is 12.2. The van der Waals surface area contributed by atoms with Gasteiger partial charge in [0.05, 0.1) is 11.5 Å². The molecule has 2 N–H and O–H groups in total. The molecule has 0 aliphatic heterocycles. The number of fused-ring (bicyclic) bond motifs is 2. The molecule has 3 atom stereocenters. The van der Waals surface area contributed by atoms with Crippen LogP contribution in [0.25, 0.3) is 0 Å². The number of ketones is 1. The van der Waals surface area contributed by atoms with Gasteiger partial charge in [0.25, 0.3) is 11.8 Å². The van der Waals surface area contributed by atoms with Gasteiger partial charge in [0.1, 0.15) is 5.78 Å². The SMILES string of the molecule is O=C(COC(=O)C1C[C@H]2CCC[C@@H](C1)C2=O)NNC(=O)c1ccccc1Br. The van der Waals surface area contributed by atoms with Gasteiger partial charge in [-0.25, -0.2) is 0 Å². The van der Waals surface area contributed by atoms with E-state index in [9.17, 15) is 19.2 Å². The van der Waals surface area contributed by atoms with E-state index >= 15 is 0 Å². The second-order valence-corrected chi connectivity index (χ2v) is 7.84. The third-order valence-electron chi connectivity index (χ3n) is 5.16. The summed E-state index contributed by atoms with van der Waals surface area (Å²) in [6, 6.07) is 6.79. The van der Waals surface area contributed by atoms with E-state index in [0.29, 0.717) is 22.9 Å². The first-order valence-corrected chi connectivity index (χ1v) is 9.79. The standard InChI is InChI=1S/C19H21BrN2O5/c20-15-7-2-1-6-14(15)18(25)22-21-16(23)10-27-19(26)13-8-11-4-3-5-12(9-13)17(11)24/h1-2,6-7,11-13H,3-5,8-10H2,(H,21,23)(H,22,25)/t11-,12+,13?. The number of Topliss-reactive ketones (excluding diaryl/α,β-unsaturated/α-hetero) is 1. The summed E-state index contributed by atoms with van der Waals surface area (Å²) >= 11 is 3.26. The minimum Gasteiger partial charge on any atom is -0.455 e. The molecule has 0 saturated heterocycles. The lowest BCUT2D eigenvalue weighted by Crippen LogP contribution is -2.44. The third-order valence-corrected chi connectivity index (χ3v) is 5.85. The van der Waals surface area contributed by atoms with Crippen LogP contribution in [0.3, 0.4) is 0 Å². The van der Waals surface area contributed by atoms with E-state index in [2.05, 4.69) is 26.8 Å². The van der Waals surface area contributed by atoms with Gasteiger partial charge < -0.3 is 4.74 Å². The molecule has 2 saturated carbocycles. The highest BCUT2D eigenvalue weighted by molar-refractivity contribution is 9.10. The van der Waals surface area contributed by atoms with Crippen molar-refractivity contribution in [2.75, 3.05) is 6.61 Å². The van der Waals surface area contributed by atoms with Crippen molar-refractivity contribution in [1.82, 2.24) is 10.9 Å². The number of hydrazine groups is 1. The zero-order valence-corrected chi connectivity index (χ0v) is 16.3. The van der Waals surface area contributed by atoms with Gasteiger partial charge in [-0.1, -0.05) is 18.6 Å². The minimum absolute atomic E-state index is 0.0486. The number of esters is 1. The van der Waals surface area contributed by atoms with Gasteiger partial charge in [0.15, 0.2) is 6.61 Å². The Hall–Kier alpha value is -2.22. The average Bonchev–Trinajstić information content (AvgIpc) is 2.64. The average molecular weight is 437 g/mol. The van der Waals surface area contributed by atoms with Crippen LogP contribution in [0.15, 0.2) is 28.7 Å². The van der Waals surface area contributed by atoms with Crippen molar-refractivity contribution in [3.63, 3.8) is 0 Å². The molecular formula is C19H21BrN2O5. The van der Waals surface area contributed by atoms with Gasteiger partial charge >= 0.3 is 5.97 Å². The summed E-state index contributed by atoms with van der Waals surface area (Å²) in [5.41, 5.74) is 4.87. The second-order valence-electron chi connectivity index (χ2n) is 6.99. The topological polar surface area (TPSA) is 102 Å².